The average Bonchev–Trinajstić information content (AvgIpc) is 2.55. The number of nitrogen functional groups attached to an aromatic ring is 2. The standard InChI is InChI=1S/C19H22N2O3/c20-16-8-5-4-7-15(16)19(24)14-11-10-13(17(21)12-14)6-2-1-3-9-18(22)23/h4-5,7-8,10-12H,1-3,6,9,20-21H2,(H,22,23). The van der Waals surface area contributed by atoms with Crippen molar-refractivity contribution in [3.05, 3.63) is 59.2 Å². The van der Waals surface area contributed by atoms with E-state index in [4.69, 9.17) is 16.6 Å². The summed E-state index contributed by atoms with van der Waals surface area (Å²) in [6.07, 6.45) is 3.34. The molecule has 0 fully saturated rings. The number of unbranched alkanes of at least 4 members (excludes halogenated alkanes) is 2. The van der Waals surface area contributed by atoms with Crippen molar-refractivity contribution in [3.8, 4) is 0 Å². The van der Waals surface area contributed by atoms with Crippen molar-refractivity contribution in [2.75, 3.05) is 11.5 Å². The van der Waals surface area contributed by atoms with Crippen LogP contribution in [0.25, 0.3) is 0 Å². The molecule has 0 bridgehead atoms. The number of carbonyl (C=O) groups excluding carboxylic acids is 1. The number of rotatable bonds is 8. The van der Waals surface area contributed by atoms with E-state index in [1.54, 1.807) is 36.4 Å². The highest BCUT2D eigenvalue weighted by molar-refractivity contribution is 6.12. The van der Waals surface area contributed by atoms with E-state index < -0.39 is 5.97 Å². The highest BCUT2D eigenvalue weighted by Crippen LogP contribution is 2.21. The van der Waals surface area contributed by atoms with Gasteiger partial charge in [0.2, 0.25) is 0 Å². The number of carbonyl (C=O) groups is 2. The van der Waals surface area contributed by atoms with Crippen LogP contribution in [0, 0.1) is 0 Å². The normalized spacial score (nSPS) is 10.5. The van der Waals surface area contributed by atoms with Crippen LogP contribution in [0.2, 0.25) is 0 Å². The number of aliphatic carboxylic acids is 1. The highest BCUT2D eigenvalue weighted by Gasteiger charge is 2.13. The van der Waals surface area contributed by atoms with Gasteiger partial charge in [-0.3, -0.25) is 9.59 Å². The molecule has 0 saturated heterocycles. The first-order valence-electron chi connectivity index (χ1n) is 7.98. The molecule has 2 rings (SSSR count). The van der Waals surface area contributed by atoms with Crippen molar-refractivity contribution in [3.63, 3.8) is 0 Å². The fourth-order valence-electron chi connectivity index (χ4n) is 2.59. The summed E-state index contributed by atoms with van der Waals surface area (Å²) in [5, 5.41) is 8.61. The van der Waals surface area contributed by atoms with E-state index in [1.165, 1.54) is 0 Å². The van der Waals surface area contributed by atoms with Crippen LogP contribution in [-0.2, 0) is 11.2 Å². The first kappa shape index (κ1) is 17.5. The third kappa shape index (κ3) is 4.59. The Morgan fingerprint density at radius 3 is 2.33 bits per heavy atom. The number of ketones is 1. The molecule has 0 unspecified atom stereocenters. The quantitative estimate of drug-likeness (QED) is 0.392. The maximum absolute atomic E-state index is 12.5. The Kier molecular flexibility index (Phi) is 5.95. The molecule has 0 aliphatic carbocycles. The molecule has 0 atom stereocenters. The predicted molar refractivity (Wildman–Crippen MR) is 94.9 cm³/mol. The molecular weight excluding hydrogens is 304 g/mol. The van der Waals surface area contributed by atoms with Crippen molar-refractivity contribution in [1.82, 2.24) is 0 Å². The van der Waals surface area contributed by atoms with Gasteiger partial charge in [0.25, 0.3) is 0 Å². The zero-order valence-electron chi connectivity index (χ0n) is 13.5. The molecule has 5 heteroatoms. The number of para-hydroxylation sites is 1. The Morgan fingerprint density at radius 2 is 1.67 bits per heavy atom. The molecule has 0 aliphatic rings. The first-order chi connectivity index (χ1) is 11.5. The Balaban J connectivity index is 2.00. The van der Waals surface area contributed by atoms with Crippen molar-refractivity contribution in [1.29, 1.82) is 0 Å². The number of hydrogen-bond donors (Lipinski definition) is 3. The van der Waals surface area contributed by atoms with Gasteiger partial charge in [0.15, 0.2) is 5.78 Å². The number of benzene rings is 2. The minimum absolute atomic E-state index is 0.146. The molecule has 2 aromatic rings. The topological polar surface area (TPSA) is 106 Å². The van der Waals surface area contributed by atoms with E-state index in [0.29, 0.717) is 28.9 Å². The molecular formula is C19H22N2O3. The number of carboxylic acid groups (broad SMARTS) is 1. The number of carboxylic acids is 1. The second-order valence-electron chi connectivity index (χ2n) is 5.78. The predicted octanol–water partition coefficient (Wildman–Crippen LogP) is 3.27. The van der Waals surface area contributed by atoms with Crippen molar-refractivity contribution in [2.45, 2.75) is 32.1 Å². The van der Waals surface area contributed by atoms with Crippen LogP contribution in [0.4, 0.5) is 11.4 Å². The Labute approximate surface area is 141 Å². The van der Waals surface area contributed by atoms with Crippen LogP contribution < -0.4 is 11.5 Å². The van der Waals surface area contributed by atoms with Gasteiger partial charge in [-0.1, -0.05) is 30.7 Å². The summed E-state index contributed by atoms with van der Waals surface area (Å²) >= 11 is 0. The lowest BCUT2D eigenvalue weighted by Gasteiger charge is -2.09. The van der Waals surface area contributed by atoms with Crippen LogP contribution in [0.1, 0.15) is 47.2 Å². The van der Waals surface area contributed by atoms with Crippen molar-refractivity contribution in [2.24, 2.45) is 0 Å². The lowest BCUT2D eigenvalue weighted by Crippen LogP contribution is -2.06. The van der Waals surface area contributed by atoms with Crippen LogP contribution in [0.15, 0.2) is 42.5 Å². The fourth-order valence-corrected chi connectivity index (χ4v) is 2.59. The molecule has 0 heterocycles. The SMILES string of the molecule is Nc1cc(C(=O)c2ccccc2N)ccc1CCCCCC(=O)O. The summed E-state index contributed by atoms with van der Waals surface area (Å²) in [6.45, 7) is 0. The van der Waals surface area contributed by atoms with E-state index >= 15 is 0 Å². The zero-order chi connectivity index (χ0) is 17.5. The van der Waals surface area contributed by atoms with Crippen LogP contribution in [0.3, 0.4) is 0 Å². The Morgan fingerprint density at radius 1 is 0.917 bits per heavy atom. The molecule has 0 saturated carbocycles. The Hall–Kier alpha value is -2.82. The monoisotopic (exact) mass is 326 g/mol. The molecule has 24 heavy (non-hydrogen) atoms. The number of aryl methyl sites for hydroxylation is 1. The van der Waals surface area contributed by atoms with Gasteiger partial charge in [0, 0.05) is 28.9 Å². The van der Waals surface area contributed by atoms with Crippen LogP contribution in [0.5, 0.6) is 0 Å². The van der Waals surface area contributed by atoms with E-state index in [-0.39, 0.29) is 12.2 Å². The molecule has 0 aliphatic heterocycles. The minimum atomic E-state index is -0.766. The van der Waals surface area contributed by atoms with E-state index in [9.17, 15) is 9.59 Å². The maximum Gasteiger partial charge on any atom is 0.303 e. The van der Waals surface area contributed by atoms with Gasteiger partial charge in [-0.2, -0.15) is 0 Å². The van der Waals surface area contributed by atoms with E-state index in [1.807, 2.05) is 6.07 Å². The molecule has 0 amide bonds. The van der Waals surface area contributed by atoms with Crippen LogP contribution >= 0.6 is 0 Å². The number of nitrogens with two attached hydrogens (primary N) is 2. The highest BCUT2D eigenvalue weighted by atomic mass is 16.4. The maximum atomic E-state index is 12.5. The summed E-state index contributed by atoms with van der Waals surface area (Å²) in [7, 11) is 0. The molecule has 0 aromatic heterocycles. The Bertz CT molecular complexity index is 741. The smallest absolute Gasteiger partial charge is 0.303 e. The lowest BCUT2D eigenvalue weighted by atomic mass is 9.97. The summed E-state index contributed by atoms with van der Waals surface area (Å²) in [5.41, 5.74) is 14.9. The summed E-state index contributed by atoms with van der Waals surface area (Å²) in [5.74, 6) is -0.912. The fraction of sp³-hybridized carbons (Fsp3) is 0.263. The van der Waals surface area contributed by atoms with Gasteiger partial charge in [0.1, 0.15) is 0 Å². The average molecular weight is 326 g/mol. The largest absolute Gasteiger partial charge is 0.481 e. The van der Waals surface area contributed by atoms with Crippen LogP contribution in [-0.4, -0.2) is 16.9 Å². The molecule has 0 spiro atoms. The minimum Gasteiger partial charge on any atom is -0.481 e. The van der Waals surface area contributed by atoms with Gasteiger partial charge < -0.3 is 16.6 Å². The van der Waals surface area contributed by atoms with Gasteiger partial charge >= 0.3 is 5.97 Å². The van der Waals surface area contributed by atoms with Crippen molar-refractivity contribution < 1.29 is 14.7 Å². The molecule has 5 N–H and O–H groups in total. The van der Waals surface area contributed by atoms with Gasteiger partial charge in [-0.25, -0.2) is 0 Å². The molecule has 126 valence electrons. The summed E-state index contributed by atoms with van der Waals surface area (Å²) in [6, 6.07) is 12.3. The second-order valence-corrected chi connectivity index (χ2v) is 5.78. The van der Waals surface area contributed by atoms with Gasteiger partial charge in [0.05, 0.1) is 0 Å². The summed E-state index contributed by atoms with van der Waals surface area (Å²) < 4.78 is 0. The number of anilines is 2. The molecule has 0 radical (unpaired) electrons. The van der Waals surface area contributed by atoms with Gasteiger partial charge in [-0.15, -0.1) is 0 Å². The zero-order valence-corrected chi connectivity index (χ0v) is 13.5. The van der Waals surface area contributed by atoms with Crippen molar-refractivity contribution >= 4 is 23.1 Å². The van der Waals surface area contributed by atoms with E-state index in [2.05, 4.69) is 0 Å². The lowest BCUT2D eigenvalue weighted by molar-refractivity contribution is -0.137. The number of hydrogen-bond acceptors (Lipinski definition) is 4. The second kappa shape index (κ2) is 8.15. The van der Waals surface area contributed by atoms with Gasteiger partial charge in [-0.05, 0) is 43.0 Å². The van der Waals surface area contributed by atoms with E-state index in [0.717, 1.165) is 24.8 Å². The molecule has 2 aromatic carbocycles. The third-order valence-corrected chi connectivity index (χ3v) is 3.95. The third-order valence-electron chi connectivity index (χ3n) is 3.95. The summed E-state index contributed by atoms with van der Waals surface area (Å²) in [4.78, 5) is 23.0. The first-order valence-corrected chi connectivity index (χ1v) is 7.98. The molecule has 5 nitrogen and oxygen atoms in total.